The molecular weight excluding hydrogens is 196 g/mol. The third-order valence-corrected chi connectivity index (χ3v) is 4.22. The lowest BCUT2D eigenvalue weighted by Crippen LogP contribution is -2.37. The summed E-state index contributed by atoms with van der Waals surface area (Å²) in [4.78, 5) is 2.73. The van der Waals surface area contributed by atoms with Gasteiger partial charge in [-0.15, -0.1) is 0 Å². The molecule has 0 amide bonds. The van der Waals surface area contributed by atoms with Crippen LogP contribution in [0.4, 0.5) is 0 Å². The Balaban J connectivity index is 1.73. The summed E-state index contributed by atoms with van der Waals surface area (Å²) in [6.07, 6.45) is 8.58. The maximum atomic E-state index is 3.49. The van der Waals surface area contributed by atoms with Crippen LogP contribution in [-0.2, 0) is 0 Å². The van der Waals surface area contributed by atoms with E-state index in [-0.39, 0.29) is 0 Å². The van der Waals surface area contributed by atoms with Crippen LogP contribution in [0, 0.1) is 11.8 Å². The molecular formula is C14H28N2. The molecule has 0 aromatic rings. The predicted octanol–water partition coefficient (Wildman–Crippen LogP) is 2.50. The smallest absolute Gasteiger partial charge is 0.000977 e. The van der Waals surface area contributed by atoms with Crippen molar-refractivity contribution in [3.63, 3.8) is 0 Å². The van der Waals surface area contributed by atoms with Gasteiger partial charge in [0.2, 0.25) is 0 Å². The van der Waals surface area contributed by atoms with Crippen molar-refractivity contribution < 1.29 is 0 Å². The molecule has 94 valence electrons. The molecule has 0 spiro atoms. The van der Waals surface area contributed by atoms with Gasteiger partial charge in [-0.05, 0) is 63.7 Å². The van der Waals surface area contributed by atoms with Gasteiger partial charge in [-0.3, -0.25) is 0 Å². The third-order valence-electron chi connectivity index (χ3n) is 4.22. The van der Waals surface area contributed by atoms with Gasteiger partial charge in [0.25, 0.3) is 0 Å². The standard InChI is InChI=1S/C14H28N2/c1-13-5-2-6-14(11-13)12-16-9-3-7-15-8-4-10-16/h13-15H,2-12H2,1H3. The molecule has 0 aromatic heterocycles. The van der Waals surface area contributed by atoms with Crippen molar-refractivity contribution in [1.82, 2.24) is 10.2 Å². The summed E-state index contributed by atoms with van der Waals surface area (Å²) in [5, 5.41) is 3.49. The van der Waals surface area contributed by atoms with E-state index in [9.17, 15) is 0 Å². The van der Waals surface area contributed by atoms with E-state index in [2.05, 4.69) is 17.1 Å². The van der Waals surface area contributed by atoms with Crippen molar-refractivity contribution in [2.45, 2.75) is 45.4 Å². The Bertz CT molecular complexity index is 185. The monoisotopic (exact) mass is 224 g/mol. The molecule has 0 radical (unpaired) electrons. The highest BCUT2D eigenvalue weighted by Gasteiger charge is 2.21. The molecule has 1 saturated heterocycles. The second kappa shape index (κ2) is 6.61. The minimum absolute atomic E-state index is 0.982. The molecule has 0 bridgehead atoms. The van der Waals surface area contributed by atoms with Crippen LogP contribution in [0.15, 0.2) is 0 Å². The second-order valence-corrected chi connectivity index (χ2v) is 5.90. The molecule has 2 rings (SSSR count). The molecule has 16 heavy (non-hydrogen) atoms. The Hall–Kier alpha value is -0.0800. The molecule has 2 fully saturated rings. The quantitative estimate of drug-likeness (QED) is 0.775. The first-order chi connectivity index (χ1) is 7.84. The van der Waals surface area contributed by atoms with Crippen LogP contribution in [0.1, 0.15) is 45.4 Å². The molecule has 1 aliphatic heterocycles. The van der Waals surface area contributed by atoms with Crippen molar-refractivity contribution in [1.29, 1.82) is 0 Å². The zero-order valence-corrected chi connectivity index (χ0v) is 10.9. The fraction of sp³-hybridized carbons (Fsp3) is 1.00. The topological polar surface area (TPSA) is 15.3 Å². The molecule has 1 aliphatic carbocycles. The van der Waals surface area contributed by atoms with Crippen molar-refractivity contribution in [3.8, 4) is 0 Å². The van der Waals surface area contributed by atoms with Crippen LogP contribution in [-0.4, -0.2) is 37.6 Å². The van der Waals surface area contributed by atoms with Gasteiger partial charge in [-0.25, -0.2) is 0 Å². The number of rotatable bonds is 2. The van der Waals surface area contributed by atoms with E-state index >= 15 is 0 Å². The third kappa shape index (κ3) is 4.06. The first kappa shape index (κ1) is 12.4. The summed E-state index contributed by atoms with van der Waals surface area (Å²) in [5.74, 6) is 1.98. The maximum absolute atomic E-state index is 3.49. The first-order valence-corrected chi connectivity index (χ1v) is 7.27. The Morgan fingerprint density at radius 3 is 2.50 bits per heavy atom. The van der Waals surface area contributed by atoms with Crippen molar-refractivity contribution in [3.05, 3.63) is 0 Å². The van der Waals surface area contributed by atoms with Crippen molar-refractivity contribution >= 4 is 0 Å². The molecule has 2 atom stereocenters. The lowest BCUT2D eigenvalue weighted by Gasteiger charge is -2.33. The fourth-order valence-corrected chi connectivity index (χ4v) is 3.37. The highest BCUT2D eigenvalue weighted by atomic mass is 15.1. The molecule has 2 unspecified atom stereocenters. The van der Waals surface area contributed by atoms with Gasteiger partial charge >= 0.3 is 0 Å². The van der Waals surface area contributed by atoms with E-state index in [4.69, 9.17) is 0 Å². The molecule has 1 saturated carbocycles. The zero-order chi connectivity index (χ0) is 11.2. The Kier molecular flexibility index (Phi) is 5.11. The molecule has 1 heterocycles. The summed E-state index contributed by atoms with van der Waals surface area (Å²) in [5.41, 5.74) is 0. The average molecular weight is 224 g/mol. The van der Waals surface area contributed by atoms with Crippen LogP contribution >= 0.6 is 0 Å². The molecule has 2 aliphatic rings. The van der Waals surface area contributed by atoms with Crippen LogP contribution in [0.25, 0.3) is 0 Å². The molecule has 2 heteroatoms. The van der Waals surface area contributed by atoms with Gasteiger partial charge in [-0.1, -0.05) is 19.8 Å². The Morgan fingerprint density at radius 1 is 1.06 bits per heavy atom. The minimum Gasteiger partial charge on any atom is -0.317 e. The average Bonchev–Trinajstić information content (AvgIpc) is 2.22. The van der Waals surface area contributed by atoms with Crippen LogP contribution in [0.3, 0.4) is 0 Å². The van der Waals surface area contributed by atoms with E-state index in [1.54, 1.807) is 0 Å². The summed E-state index contributed by atoms with van der Waals surface area (Å²) >= 11 is 0. The van der Waals surface area contributed by atoms with Crippen LogP contribution < -0.4 is 5.32 Å². The highest BCUT2D eigenvalue weighted by molar-refractivity contribution is 4.75. The Labute approximate surface area is 101 Å². The van der Waals surface area contributed by atoms with Crippen LogP contribution in [0.2, 0.25) is 0 Å². The van der Waals surface area contributed by atoms with E-state index in [1.807, 2.05) is 0 Å². The van der Waals surface area contributed by atoms with Crippen LogP contribution in [0.5, 0.6) is 0 Å². The fourth-order valence-electron chi connectivity index (χ4n) is 3.37. The molecule has 1 N–H and O–H groups in total. The predicted molar refractivity (Wildman–Crippen MR) is 69.7 cm³/mol. The molecule has 0 aromatic carbocycles. The van der Waals surface area contributed by atoms with Gasteiger partial charge in [0, 0.05) is 6.54 Å². The van der Waals surface area contributed by atoms with Gasteiger partial charge in [0.1, 0.15) is 0 Å². The lowest BCUT2D eigenvalue weighted by molar-refractivity contribution is 0.171. The van der Waals surface area contributed by atoms with E-state index in [1.165, 1.54) is 71.2 Å². The number of nitrogens with zero attached hydrogens (tertiary/aromatic N) is 1. The van der Waals surface area contributed by atoms with Gasteiger partial charge in [0.05, 0.1) is 0 Å². The molecule has 2 nitrogen and oxygen atoms in total. The van der Waals surface area contributed by atoms with Crippen molar-refractivity contribution in [2.75, 3.05) is 32.7 Å². The van der Waals surface area contributed by atoms with E-state index in [0.29, 0.717) is 0 Å². The number of nitrogens with one attached hydrogen (secondary N) is 1. The van der Waals surface area contributed by atoms with Gasteiger partial charge in [0.15, 0.2) is 0 Å². The zero-order valence-electron chi connectivity index (χ0n) is 10.9. The normalized spacial score (nSPS) is 34.3. The number of hydrogen-bond acceptors (Lipinski definition) is 2. The number of hydrogen-bond donors (Lipinski definition) is 1. The SMILES string of the molecule is CC1CCCC(CN2CCCNCCC2)C1. The summed E-state index contributed by atoms with van der Waals surface area (Å²) < 4.78 is 0. The highest BCUT2D eigenvalue weighted by Crippen LogP contribution is 2.29. The first-order valence-electron chi connectivity index (χ1n) is 7.27. The Morgan fingerprint density at radius 2 is 1.81 bits per heavy atom. The van der Waals surface area contributed by atoms with E-state index in [0.717, 1.165) is 11.8 Å². The maximum Gasteiger partial charge on any atom is 0.000977 e. The van der Waals surface area contributed by atoms with Gasteiger partial charge in [-0.2, -0.15) is 0 Å². The summed E-state index contributed by atoms with van der Waals surface area (Å²) in [6.45, 7) is 8.89. The minimum atomic E-state index is 0.982. The summed E-state index contributed by atoms with van der Waals surface area (Å²) in [6, 6.07) is 0. The summed E-state index contributed by atoms with van der Waals surface area (Å²) in [7, 11) is 0. The lowest BCUT2D eigenvalue weighted by atomic mass is 9.82. The second-order valence-electron chi connectivity index (χ2n) is 5.90. The van der Waals surface area contributed by atoms with E-state index < -0.39 is 0 Å². The largest absolute Gasteiger partial charge is 0.317 e. The van der Waals surface area contributed by atoms with Crippen molar-refractivity contribution in [2.24, 2.45) is 11.8 Å². The van der Waals surface area contributed by atoms with Gasteiger partial charge < -0.3 is 10.2 Å².